The standard InChI is InChI=1S/C14H23ClN2O2/c1-4-17-13(14(18-5-2)19-6-3)9-11-7-8-16-10-12(11)15/h7-8,10,13-14,17H,4-6,9H2,1-3H3. The predicted molar refractivity (Wildman–Crippen MR) is 77.5 cm³/mol. The second-order valence-corrected chi connectivity index (χ2v) is 4.52. The van der Waals surface area contributed by atoms with E-state index in [9.17, 15) is 0 Å². The van der Waals surface area contributed by atoms with Crippen LogP contribution in [0.25, 0.3) is 0 Å². The van der Waals surface area contributed by atoms with Crippen LogP contribution in [-0.4, -0.2) is 37.1 Å². The normalized spacial score (nSPS) is 12.9. The molecule has 0 radical (unpaired) electrons. The fraction of sp³-hybridized carbons (Fsp3) is 0.643. The van der Waals surface area contributed by atoms with E-state index >= 15 is 0 Å². The fourth-order valence-corrected chi connectivity index (χ4v) is 2.14. The number of hydrogen-bond acceptors (Lipinski definition) is 4. The molecule has 4 nitrogen and oxygen atoms in total. The first kappa shape index (κ1) is 16.4. The molecule has 0 fully saturated rings. The van der Waals surface area contributed by atoms with Crippen molar-refractivity contribution in [2.45, 2.75) is 39.5 Å². The Morgan fingerprint density at radius 2 is 1.95 bits per heavy atom. The molecule has 0 aliphatic carbocycles. The number of nitrogens with zero attached hydrogens (tertiary/aromatic N) is 1. The van der Waals surface area contributed by atoms with Crippen LogP contribution in [0, 0.1) is 0 Å². The van der Waals surface area contributed by atoms with Gasteiger partial charge in [0.25, 0.3) is 0 Å². The zero-order valence-corrected chi connectivity index (χ0v) is 12.6. The lowest BCUT2D eigenvalue weighted by atomic mass is 10.1. The van der Waals surface area contributed by atoms with Crippen LogP contribution in [0.1, 0.15) is 26.3 Å². The van der Waals surface area contributed by atoms with Gasteiger partial charge in [-0.15, -0.1) is 0 Å². The summed E-state index contributed by atoms with van der Waals surface area (Å²) >= 11 is 6.16. The molecule has 0 amide bonds. The molecule has 1 aromatic rings. The molecule has 1 unspecified atom stereocenters. The molecule has 0 aliphatic rings. The molecule has 0 aromatic carbocycles. The smallest absolute Gasteiger partial charge is 0.172 e. The van der Waals surface area contributed by atoms with Gasteiger partial charge < -0.3 is 14.8 Å². The Labute approximate surface area is 120 Å². The van der Waals surface area contributed by atoms with E-state index in [1.165, 1.54) is 0 Å². The summed E-state index contributed by atoms with van der Waals surface area (Å²) < 4.78 is 11.3. The molecule has 1 heterocycles. The molecule has 0 spiro atoms. The van der Waals surface area contributed by atoms with Gasteiger partial charge in [-0.25, -0.2) is 0 Å². The second-order valence-electron chi connectivity index (χ2n) is 4.11. The third kappa shape index (κ3) is 5.45. The Morgan fingerprint density at radius 3 is 2.47 bits per heavy atom. The number of rotatable bonds is 9. The number of hydrogen-bond donors (Lipinski definition) is 1. The molecular formula is C14H23ClN2O2. The number of aromatic nitrogens is 1. The third-order valence-electron chi connectivity index (χ3n) is 2.75. The van der Waals surface area contributed by atoms with E-state index in [4.69, 9.17) is 21.1 Å². The average molecular weight is 287 g/mol. The molecular weight excluding hydrogens is 264 g/mol. The highest BCUT2D eigenvalue weighted by atomic mass is 35.5. The lowest BCUT2D eigenvalue weighted by Gasteiger charge is -2.27. The first-order chi connectivity index (χ1) is 9.22. The minimum Gasteiger partial charge on any atom is -0.351 e. The lowest BCUT2D eigenvalue weighted by Crippen LogP contribution is -2.44. The number of nitrogens with one attached hydrogen (secondary N) is 1. The summed E-state index contributed by atoms with van der Waals surface area (Å²) in [5, 5.41) is 4.08. The molecule has 1 N–H and O–H groups in total. The minimum absolute atomic E-state index is 0.0739. The highest BCUT2D eigenvalue weighted by Crippen LogP contribution is 2.17. The summed E-state index contributed by atoms with van der Waals surface area (Å²) in [5.41, 5.74) is 1.05. The molecule has 0 saturated carbocycles. The number of likely N-dealkylation sites (N-methyl/N-ethyl adjacent to an activating group) is 1. The first-order valence-electron chi connectivity index (χ1n) is 6.77. The summed E-state index contributed by atoms with van der Waals surface area (Å²) in [6, 6.07) is 2.01. The lowest BCUT2D eigenvalue weighted by molar-refractivity contribution is -0.153. The molecule has 0 saturated heterocycles. The van der Waals surface area contributed by atoms with Gasteiger partial charge in [-0.1, -0.05) is 18.5 Å². The van der Waals surface area contributed by atoms with E-state index < -0.39 is 0 Å². The Bertz CT molecular complexity index is 357. The highest BCUT2D eigenvalue weighted by molar-refractivity contribution is 6.31. The number of ether oxygens (including phenoxy) is 2. The quantitative estimate of drug-likeness (QED) is 0.709. The topological polar surface area (TPSA) is 43.4 Å². The monoisotopic (exact) mass is 286 g/mol. The Kier molecular flexibility index (Phi) is 7.98. The molecule has 1 aromatic heterocycles. The van der Waals surface area contributed by atoms with Crippen molar-refractivity contribution < 1.29 is 9.47 Å². The maximum Gasteiger partial charge on any atom is 0.172 e. The van der Waals surface area contributed by atoms with Gasteiger partial charge in [0.2, 0.25) is 0 Å². The van der Waals surface area contributed by atoms with Crippen molar-refractivity contribution in [2.75, 3.05) is 19.8 Å². The Hall–Kier alpha value is -0.680. The average Bonchev–Trinajstić information content (AvgIpc) is 2.40. The van der Waals surface area contributed by atoms with Gasteiger partial charge in [0.1, 0.15) is 0 Å². The number of halogens is 1. The van der Waals surface area contributed by atoms with Crippen LogP contribution in [-0.2, 0) is 15.9 Å². The van der Waals surface area contributed by atoms with Crippen molar-refractivity contribution >= 4 is 11.6 Å². The van der Waals surface area contributed by atoms with Crippen molar-refractivity contribution in [3.8, 4) is 0 Å². The van der Waals surface area contributed by atoms with Gasteiger partial charge in [0.05, 0.1) is 11.1 Å². The van der Waals surface area contributed by atoms with E-state index in [1.807, 2.05) is 19.9 Å². The second kappa shape index (κ2) is 9.26. The van der Waals surface area contributed by atoms with Crippen molar-refractivity contribution in [1.29, 1.82) is 0 Å². The van der Waals surface area contributed by atoms with Crippen LogP contribution in [0.5, 0.6) is 0 Å². The fourth-order valence-electron chi connectivity index (χ4n) is 1.94. The largest absolute Gasteiger partial charge is 0.351 e. The van der Waals surface area contributed by atoms with Crippen LogP contribution in [0.3, 0.4) is 0 Å². The molecule has 19 heavy (non-hydrogen) atoms. The van der Waals surface area contributed by atoms with Crippen LogP contribution in [0.4, 0.5) is 0 Å². The third-order valence-corrected chi connectivity index (χ3v) is 3.09. The van der Waals surface area contributed by atoms with Crippen molar-refractivity contribution in [2.24, 2.45) is 0 Å². The van der Waals surface area contributed by atoms with E-state index in [0.717, 1.165) is 18.5 Å². The highest BCUT2D eigenvalue weighted by Gasteiger charge is 2.22. The molecule has 108 valence electrons. The van der Waals surface area contributed by atoms with Gasteiger partial charge in [0, 0.05) is 25.6 Å². The van der Waals surface area contributed by atoms with Crippen LogP contribution < -0.4 is 5.32 Å². The van der Waals surface area contributed by atoms with Crippen LogP contribution >= 0.6 is 11.6 Å². The molecule has 1 atom stereocenters. The van der Waals surface area contributed by atoms with E-state index in [-0.39, 0.29) is 12.3 Å². The summed E-state index contributed by atoms with van der Waals surface area (Å²) in [6.07, 6.45) is 3.90. The van der Waals surface area contributed by atoms with E-state index in [2.05, 4.69) is 17.2 Å². The van der Waals surface area contributed by atoms with E-state index in [1.54, 1.807) is 12.4 Å². The predicted octanol–water partition coefficient (Wildman–Crippen LogP) is 2.65. The Morgan fingerprint density at radius 1 is 1.26 bits per heavy atom. The summed E-state index contributed by atoms with van der Waals surface area (Å²) in [5.74, 6) is 0. The molecule has 5 heteroatoms. The molecule has 0 bridgehead atoms. The van der Waals surface area contributed by atoms with Crippen molar-refractivity contribution in [1.82, 2.24) is 10.3 Å². The maximum absolute atomic E-state index is 6.16. The van der Waals surface area contributed by atoms with Crippen LogP contribution in [0.15, 0.2) is 18.5 Å². The maximum atomic E-state index is 6.16. The molecule has 1 rings (SSSR count). The van der Waals surface area contributed by atoms with Crippen molar-refractivity contribution in [3.05, 3.63) is 29.0 Å². The Balaban J connectivity index is 2.77. The van der Waals surface area contributed by atoms with Gasteiger partial charge in [-0.2, -0.15) is 0 Å². The van der Waals surface area contributed by atoms with Gasteiger partial charge in [-0.3, -0.25) is 4.98 Å². The van der Waals surface area contributed by atoms with Gasteiger partial charge in [0.15, 0.2) is 6.29 Å². The van der Waals surface area contributed by atoms with E-state index in [0.29, 0.717) is 18.2 Å². The van der Waals surface area contributed by atoms with Gasteiger partial charge in [-0.05, 0) is 38.4 Å². The minimum atomic E-state index is -0.265. The SMILES string of the molecule is CCNC(Cc1ccncc1Cl)C(OCC)OCC. The zero-order valence-electron chi connectivity index (χ0n) is 11.9. The van der Waals surface area contributed by atoms with Crippen LogP contribution in [0.2, 0.25) is 5.02 Å². The number of pyridine rings is 1. The zero-order chi connectivity index (χ0) is 14.1. The summed E-state index contributed by atoms with van der Waals surface area (Å²) in [7, 11) is 0. The first-order valence-corrected chi connectivity index (χ1v) is 7.15. The van der Waals surface area contributed by atoms with Gasteiger partial charge >= 0.3 is 0 Å². The summed E-state index contributed by atoms with van der Waals surface area (Å²) in [6.45, 7) is 8.09. The molecule has 0 aliphatic heterocycles. The van der Waals surface area contributed by atoms with Crippen molar-refractivity contribution in [3.63, 3.8) is 0 Å². The summed E-state index contributed by atoms with van der Waals surface area (Å²) in [4.78, 5) is 4.00.